The van der Waals surface area contributed by atoms with Crippen molar-refractivity contribution in [2.45, 2.75) is 0 Å². The Kier molecular flexibility index (Phi) is 5.45. The second-order valence-corrected chi connectivity index (χ2v) is 4.34. The lowest BCUT2D eigenvalue weighted by molar-refractivity contribution is 0.215. The number of urea groups is 1. The molecular weight excluding hydrogens is 319 g/mol. The third-order valence-corrected chi connectivity index (χ3v) is 2.80. The number of halogens is 1. The first-order valence-electron chi connectivity index (χ1n) is 6.68. The van der Waals surface area contributed by atoms with E-state index in [1.807, 2.05) is 0 Å². The molecule has 0 atom stereocenters. The van der Waals surface area contributed by atoms with Gasteiger partial charge in [-0.3, -0.25) is 0 Å². The number of nitrogens with two attached hydrogens (primary N) is 1. The number of amides is 2. The number of hydrogen-bond acceptors (Lipinski definition) is 7. The minimum absolute atomic E-state index is 0.00469. The predicted octanol–water partition coefficient (Wildman–Crippen LogP) is 1.72. The van der Waals surface area contributed by atoms with Gasteiger partial charge in [0, 0.05) is 13.1 Å². The van der Waals surface area contributed by atoms with Crippen molar-refractivity contribution in [3.63, 3.8) is 0 Å². The fraction of sp³-hybridized carbons (Fsp3) is 0.143. The van der Waals surface area contributed by atoms with E-state index in [-0.39, 0.29) is 28.7 Å². The highest BCUT2D eigenvalue weighted by Gasteiger charge is 2.12. The SMILES string of the molecule is CNC(=O)Nc1ccc(Oc2ncnc(N)c2/C=N/OC)cc1F. The number of nitrogens with one attached hydrogen (secondary N) is 2. The van der Waals surface area contributed by atoms with Crippen LogP contribution in [-0.4, -0.2) is 36.4 Å². The summed E-state index contributed by atoms with van der Waals surface area (Å²) in [5, 5.41) is 8.24. The van der Waals surface area contributed by atoms with Crippen molar-refractivity contribution >= 4 is 23.8 Å². The largest absolute Gasteiger partial charge is 0.438 e. The molecule has 0 bridgehead atoms. The molecule has 24 heavy (non-hydrogen) atoms. The Morgan fingerprint density at radius 1 is 1.42 bits per heavy atom. The molecule has 2 rings (SSSR count). The molecule has 0 aliphatic carbocycles. The van der Waals surface area contributed by atoms with E-state index in [1.165, 1.54) is 38.8 Å². The average molecular weight is 334 g/mol. The zero-order valence-corrected chi connectivity index (χ0v) is 12.9. The van der Waals surface area contributed by atoms with Gasteiger partial charge >= 0.3 is 6.03 Å². The van der Waals surface area contributed by atoms with Gasteiger partial charge in [-0.05, 0) is 12.1 Å². The third-order valence-electron chi connectivity index (χ3n) is 2.80. The van der Waals surface area contributed by atoms with Crippen molar-refractivity contribution in [2.24, 2.45) is 5.16 Å². The van der Waals surface area contributed by atoms with Gasteiger partial charge in [-0.25, -0.2) is 19.2 Å². The molecule has 126 valence electrons. The Morgan fingerprint density at radius 2 is 2.21 bits per heavy atom. The van der Waals surface area contributed by atoms with Crippen LogP contribution in [0.1, 0.15) is 5.56 Å². The molecule has 0 aliphatic heterocycles. The molecule has 9 nitrogen and oxygen atoms in total. The van der Waals surface area contributed by atoms with E-state index >= 15 is 0 Å². The zero-order chi connectivity index (χ0) is 17.5. The number of oxime groups is 1. The van der Waals surface area contributed by atoms with Gasteiger partial charge in [0.05, 0.1) is 11.9 Å². The molecule has 0 spiro atoms. The normalized spacial score (nSPS) is 10.5. The van der Waals surface area contributed by atoms with Crippen molar-refractivity contribution in [3.05, 3.63) is 35.9 Å². The van der Waals surface area contributed by atoms with Crippen LogP contribution in [0.2, 0.25) is 0 Å². The molecule has 2 amide bonds. The van der Waals surface area contributed by atoms with Crippen LogP contribution in [0.15, 0.2) is 29.7 Å². The van der Waals surface area contributed by atoms with Gasteiger partial charge in [0.2, 0.25) is 5.88 Å². The van der Waals surface area contributed by atoms with E-state index in [2.05, 4.69) is 30.6 Å². The number of carbonyl (C=O) groups excluding carboxylic acids is 1. The van der Waals surface area contributed by atoms with Crippen LogP contribution in [0, 0.1) is 5.82 Å². The first-order valence-corrected chi connectivity index (χ1v) is 6.68. The number of benzene rings is 1. The highest BCUT2D eigenvalue weighted by molar-refractivity contribution is 5.89. The Labute approximate surface area is 136 Å². The topological polar surface area (TPSA) is 124 Å². The fourth-order valence-electron chi connectivity index (χ4n) is 1.66. The first kappa shape index (κ1) is 16.9. The molecule has 0 saturated carbocycles. The molecule has 0 saturated heterocycles. The lowest BCUT2D eigenvalue weighted by atomic mass is 10.3. The van der Waals surface area contributed by atoms with Gasteiger partial charge in [0.25, 0.3) is 0 Å². The molecule has 0 aliphatic rings. The van der Waals surface area contributed by atoms with E-state index < -0.39 is 11.8 Å². The number of hydrogen-bond donors (Lipinski definition) is 3. The van der Waals surface area contributed by atoms with Crippen molar-refractivity contribution in [3.8, 4) is 11.6 Å². The Balaban J connectivity index is 2.26. The van der Waals surface area contributed by atoms with Crippen LogP contribution in [-0.2, 0) is 4.84 Å². The second kappa shape index (κ2) is 7.72. The van der Waals surface area contributed by atoms with E-state index in [0.717, 1.165) is 6.07 Å². The molecule has 1 heterocycles. The monoisotopic (exact) mass is 334 g/mol. The molecule has 0 fully saturated rings. The predicted molar refractivity (Wildman–Crippen MR) is 85.6 cm³/mol. The quantitative estimate of drug-likeness (QED) is 0.565. The lowest BCUT2D eigenvalue weighted by Crippen LogP contribution is -2.24. The summed E-state index contributed by atoms with van der Waals surface area (Å²) < 4.78 is 19.5. The molecule has 1 aromatic heterocycles. The van der Waals surface area contributed by atoms with Crippen molar-refractivity contribution < 1.29 is 18.8 Å². The van der Waals surface area contributed by atoms with E-state index in [1.54, 1.807) is 0 Å². The van der Waals surface area contributed by atoms with Gasteiger partial charge in [-0.1, -0.05) is 5.16 Å². The smallest absolute Gasteiger partial charge is 0.319 e. The number of carbonyl (C=O) groups is 1. The maximum absolute atomic E-state index is 14.0. The summed E-state index contributed by atoms with van der Waals surface area (Å²) in [5.41, 5.74) is 6.02. The minimum atomic E-state index is -0.676. The first-order chi connectivity index (χ1) is 11.5. The highest BCUT2D eigenvalue weighted by atomic mass is 19.1. The van der Waals surface area contributed by atoms with Crippen LogP contribution in [0.4, 0.5) is 20.7 Å². The third kappa shape index (κ3) is 4.06. The van der Waals surface area contributed by atoms with Crippen LogP contribution in [0.5, 0.6) is 11.6 Å². The summed E-state index contributed by atoms with van der Waals surface area (Å²) in [6.07, 6.45) is 2.48. The van der Waals surface area contributed by atoms with E-state index in [0.29, 0.717) is 0 Å². The maximum atomic E-state index is 14.0. The number of anilines is 2. The number of nitrogens with zero attached hydrogens (tertiary/aromatic N) is 3. The van der Waals surface area contributed by atoms with E-state index in [4.69, 9.17) is 10.5 Å². The van der Waals surface area contributed by atoms with Gasteiger partial charge in [0.15, 0.2) is 0 Å². The summed E-state index contributed by atoms with van der Waals surface area (Å²) in [7, 11) is 2.79. The summed E-state index contributed by atoms with van der Waals surface area (Å²) >= 11 is 0. The number of rotatable bonds is 5. The van der Waals surface area contributed by atoms with E-state index in [9.17, 15) is 9.18 Å². The Bertz CT molecular complexity index is 768. The summed E-state index contributed by atoms with van der Waals surface area (Å²) in [5.74, 6) is -0.320. The molecule has 4 N–H and O–H groups in total. The molecule has 10 heteroatoms. The minimum Gasteiger partial charge on any atom is -0.438 e. The molecule has 0 unspecified atom stereocenters. The molecular formula is C14H15FN6O3. The summed E-state index contributed by atoms with van der Waals surface area (Å²) in [6, 6.07) is 3.38. The van der Waals surface area contributed by atoms with Crippen LogP contribution >= 0.6 is 0 Å². The maximum Gasteiger partial charge on any atom is 0.319 e. The number of nitrogen functional groups attached to an aromatic ring is 1. The number of aromatic nitrogens is 2. The standard InChI is InChI=1S/C14H15FN6O3/c1-17-14(22)21-11-4-3-8(5-10(11)15)24-13-9(6-20-23-2)12(16)18-7-19-13/h3-7H,1-2H3,(H2,16,18,19)(H2,17,21,22)/b20-6+. The summed E-state index contributed by atoms with van der Waals surface area (Å²) in [4.78, 5) is 23.6. The van der Waals surface area contributed by atoms with Crippen molar-refractivity contribution in [1.29, 1.82) is 0 Å². The van der Waals surface area contributed by atoms with Crippen molar-refractivity contribution in [1.82, 2.24) is 15.3 Å². The van der Waals surface area contributed by atoms with Gasteiger partial charge in [0.1, 0.15) is 36.4 Å². The van der Waals surface area contributed by atoms with Crippen molar-refractivity contribution in [2.75, 3.05) is 25.2 Å². The lowest BCUT2D eigenvalue weighted by Gasteiger charge is -2.10. The van der Waals surface area contributed by atoms with Gasteiger partial charge in [-0.15, -0.1) is 0 Å². The van der Waals surface area contributed by atoms with Gasteiger partial charge < -0.3 is 25.9 Å². The average Bonchev–Trinajstić information content (AvgIpc) is 2.56. The zero-order valence-electron chi connectivity index (χ0n) is 12.9. The van der Waals surface area contributed by atoms with Crippen LogP contribution in [0.3, 0.4) is 0 Å². The molecule has 0 radical (unpaired) electrons. The fourth-order valence-corrected chi connectivity index (χ4v) is 1.66. The summed E-state index contributed by atoms with van der Waals surface area (Å²) in [6.45, 7) is 0. The molecule has 2 aromatic rings. The Hall–Kier alpha value is -3.43. The van der Waals surface area contributed by atoms with Crippen LogP contribution < -0.4 is 21.1 Å². The highest BCUT2D eigenvalue weighted by Crippen LogP contribution is 2.27. The number of ether oxygens (including phenoxy) is 1. The Morgan fingerprint density at radius 3 is 2.88 bits per heavy atom. The molecule has 1 aromatic carbocycles. The second-order valence-electron chi connectivity index (χ2n) is 4.34. The van der Waals surface area contributed by atoms with Crippen LogP contribution in [0.25, 0.3) is 0 Å². The van der Waals surface area contributed by atoms with Gasteiger partial charge in [-0.2, -0.15) is 0 Å².